The standard InChI is InChI=1S/C20H44N6.HI/c1-6-25(7-2)14-10-11-19(3)23-20(21-4)22-12-8-9-13-26-17-15-24(5)16-18-26;/h19H,6-18H2,1-5H3,(H2,21,22,23);1H. The minimum atomic E-state index is 0. The number of nitrogens with zero attached hydrogens (tertiary/aromatic N) is 4. The lowest BCUT2D eigenvalue weighted by Crippen LogP contribution is -2.45. The molecule has 0 spiro atoms. The largest absolute Gasteiger partial charge is 0.356 e. The van der Waals surface area contributed by atoms with Crippen molar-refractivity contribution in [2.24, 2.45) is 4.99 Å². The Labute approximate surface area is 185 Å². The number of rotatable bonds is 12. The third kappa shape index (κ3) is 12.9. The van der Waals surface area contributed by atoms with Crippen LogP contribution in [0.5, 0.6) is 0 Å². The summed E-state index contributed by atoms with van der Waals surface area (Å²) >= 11 is 0. The van der Waals surface area contributed by atoms with Crippen molar-refractivity contribution in [3.63, 3.8) is 0 Å². The number of likely N-dealkylation sites (N-methyl/N-ethyl adjacent to an activating group) is 1. The van der Waals surface area contributed by atoms with Gasteiger partial charge in [0.15, 0.2) is 5.96 Å². The fourth-order valence-electron chi connectivity index (χ4n) is 3.40. The molecule has 1 atom stereocenters. The summed E-state index contributed by atoms with van der Waals surface area (Å²) in [6.45, 7) is 17.3. The Morgan fingerprint density at radius 3 is 2.33 bits per heavy atom. The molecule has 0 aromatic heterocycles. The second-order valence-corrected chi connectivity index (χ2v) is 7.57. The third-order valence-corrected chi connectivity index (χ3v) is 5.40. The number of hydrogen-bond donors (Lipinski definition) is 2. The quantitative estimate of drug-likeness (QED) is 0.188. The molecule has 6 nitrogen and oxygen atoms in total. The number of hydrogen-bond acceptors (Lipinski definition) is 4. The highest BCUT2D eigenvalue weighted by molar-refractivity contribution is 14.0. The van der Waals surface area contributed by atoms with E-state index in [9.17, 15) is 0 Å². The maximum Gasteiger partial charge on any atom is 0.191 e. The Balaban J connectivity index is 0.00000676. The SMILES string of the molecule is CCN(CC)CCCC(C)NC(=NC)NCCCCN1CCN(C)CC1.I. The van der Waals surface area contributed by atoms with E-state index in [0.29, 0.717) is 6.04 Å². The van der Waals surface area contributed by atoms with Crippen LogP contribution in [0, 0.1) is 0 Å². The van der Waals surface area contributed by atoms with Crippen LogP contribution in [-0.4, -0.2) is 99.7 Å². The Morgan fingerprint density at radius 1 is 1.07 bits per heavy atom. The maximum atomic E-state index is 4.37. The Hall–Kier alpha value is -0.120. The molecular formula is C20H45IN6. The van der Waals surface area contributed by atoms with Crippen molar-refractivity contribution >= 4 is 29.9 Å². The van der Waals surface area contributed by atoms with Gasteiger partial charge in [0, 0.05) is 45.8 Å². The number of aliphatic imine (C=N–C) groups is 1. The van der Waals surface area contributed by atoms with Crippen molar-refractivity contribution < 1.29 is 0 Å². The van der Waals surface area contributed by atoms with Gasteiger partial charge in [-0.3, -0.25) is 4.99 Å². The molecule has 27 heavy (non-hydrogen) atoms. The summed E-state index contributed by atoms with van der Waals surface area (Å²) < 4.78 is 0. The minimum Gasteiger partial charge on any atom is -0.356 e. The zero-order valence-corrected chi connectivity index (χ0v) is 20.8. The number of nitrogens with one attached hydrogen (secondary N) is 2. The monoisotopic (exact) mass is 496 g/mol. The first kappa shape index (κ1) is 26.9. The van der Waals surface area contributed by atoms with Gasteiger partial charge in [0.25, 0.3) is 0 Å². The third-order valence-electron chi connectivity index (χ3n) is 5.40. The maximum absolute atomic E-state index is 4.37. The predicted molar refractivity (Wildman–Crippen MR) is 130 cm³/mol. The van der Waals surface area contributed by atoms with E-state index in [1.807, 2.05) is 7.05 Å². The van der Waals surface area contributed by atoms with Gasteiger partial charge in [-0.15, -0.1) is 24.0 Å². The van der Waals surface area contributed by atoms with E-state index in [1.165, 1.54) is 65.0 Å². The van der Waals surface area contributed by atoms with Crippen LogP contribution < -0.4 is 10.6 Å². The molecule has 162 valence electrons. The van der Waals surface area contributed by atoms with E-state index in [2.05, 4.69) is 58.1 Å². The van der Waals surface area contributed by atoms with Gasteiger partial charge in [-0.25, -0.2) is 0 Å². The first-order valence-electron chi connectivity index (χ1n) is 10.7. The second kappa shape index (κ2) is 16.8. The molecule has 2 N–H and O–H groups in total. The minimum absolute atomic E-state index is 0. The highest BCUT2D eigenvalue weighted by Crippen LogP contribution is 2.02. The zero-order valence-electron chi connectivity index (χ0n) is 18.5. The van der Waals surface area contributed by atoms with E-state index >= 15 is 0 Å². The molecule has 0 radical (unpaired) electrons. The van der Waals surface area contributed by atoms with Gasteiger partial charge < -0.3 is 25.3 Å². The van der Waals surface area contributed by atoms with Gasteiger partial charge in [0.1, 0.15) is 0 Å². The summed E-state index contributed by atoms with van der Waals surface area (Å²) in [5.41, 5.74) is 0. The van der Waals surface area contributed by atoms with Crippen LogP contribution >= 0.6 is 24.0 Å². The van der Waals surface area contributed by atoms with Crippen LogP contribution in [0.3, 0.4) is 0 Å². The molecule has 0 aliphatic carbocycles. The lowest BCUT2D eigenvalue weighted by Gasteiger charge is -2.32. The Morgan fingerprint density at radius 2 is 1.74 bits per heavy atom. The van der Waals surface area contributed by atoms with Crippen molar-refractivity contribution in [3.8, 4) is 0 Å². The van der Waals surface area contributed by atoms with Gasteiger partial charge in [-0.05, 0) is 65.8 Å². The number of unbranched alkanes of at least 4 members (excludes halogenated alkanes) is 1. The van der Waals surface area contributed by atoms with Crippen LogP contribution in [-0.2, 0) is 0 Å². The van der Waals surface area contributed by atoms with E-state index in [1.54, 1.807) is 0 Å². The number of halogens is 1. The van der Waals surface area contributed by atoms with E-state index < -0.39 is 0 Å². The van der Waals surface area contributed by atoms with Crippen molar-refractivity contribution in [2.75, 3.05) is 73.0 Å². The van der Waals surface area contributed by atoms with Crippen LogP contribution in [0.15, 0.2) is 4.99 Å². The van der Waals surface area contributed by atoms with Gasteiger partial charge in [0.05, 0.1) is 0 Å². The summed E-state index contributed by atoms with van der Waals surface area (Å²) in [5.74, 6) is 0.944. The molecule has 1 saturated heterocycles. The van der Waals surface area contributed by atoms with Gasteiger partial charge in [-0.2, -0.15) is 0 Å². The molecule has 0 amide bonds. The molecule has 1 aliphatic rings. The molecule has 0 aromatic rings. The molecule has 7 heteroatoms. The van der Waals surface area contributed by atoms with Crippen molar-refractivity contribution in [2.45, 2.75) is 52.5 Å². The highest BCUT2D eigenvalue weighted by Gasteiger charge is 2.12. The van der Waals surface area contributed by atoms with Crippen LogP contribution in [0.1, 0.15) is 46.5 Å². The van der Waals surface area contributed by atoms with Crippen molar-refractivity contribution in [1.82, 2.24) is 25.3 Å². The van der Waals surface area contributed by atoms with Crippen LogP contribution in [0.4, 0.5) is 0 Å². The van der Waals surface area contributed by atoms with Crippen molar-refractivity contribution in [1.29, 1.82) is 0 Å². The van der Waals surface area contributed by atoms with Gasteiger partial charge in [-0.1, -0.05) is 13.8 Å². The van der Waals surface area contributed by atoms with Crippen LogP contribution in [0.2, 0.25) is 0 Å². The lowest BCUT2D eigenvalue weighted by atomic mass is 10.2. The topological polar surface area (TPSA) is 46.1 Å². The molecule has 1 aliphatic heterocycles. The van der Waals surface area contributed by atoms with Crippen molar-refractivity contribution in [3.05, 3.63) is 0 Å². The molecule has 1 heterocycles. The van der Waals surface area contributed by atoms with E-state index in [-0.39, 0.29) is 24.0 Å². The second-order valence-electron chi connectivity index (χ2n) is 7.57. The summed E-state index contributed by atoms with van der Waals surface area (Å²) in [5, 5.41) is 6.99. The smallest absolute Gasteiger partial charge is 0.191 e. The number of guanidine groups is 1. The molecule has 0 bridgehead atoms. The average molecular weight is 497 g/mol. The first-order valence-corrected chi connectivity index (χ1v) is 10.7. The predicted octanol–water partition coefficient (Wildman–Crippen LogP) is 2.31. The molecule has 1 fully saturated rings. The molecule has 0 saturated carbocycles. The van der Waals surface area contributed by atoms with Crippen LogP contribution in [0.25, 0.3) is 0 Å². The summed E-state index contributed by atoms with van der Waals surface area (Å²) in [4.78, 5) is 11.9. The molecule has 0 aromatic carbocycles. The van der Waals surface area contributed by atoms with E-state index in [4.69, 9.17) is 0 Å². The molecule has 1 rings (SSSR count). The molecule has 1 unspecified atom stereocenters. The van der Waals surface area contributed by atoms with Gasteiger partial charge >= 0.3 is 0 Å². The summed E-state index contributed by atoms with van der Waals surface area (Å²) in [6, 6.07) is 0.460. The molecular weight excluding hydrogens is 451 g/mol. The number of piperazine rings is 1. The zero-order chi connectivity index (χ0) is 19.2. The fourth-order valence-corrected chi connectivity index (χ4v) is 3.40. The lowest BCUT2D eigenvalue weighted by molar-refractivity contribution is 0.152. The average Bonchev–Trinajstić information content (AvgIpc) is 2.65. The fraction of sp³-hybridized carbons (Fsp3) is 0.950. The van der Waals surface area contributed by atoms with Gasteiger partial charge in [0.2, 0.25) is 0 Å². The Kier molecular flexibility index (Phi) is 16.7. The first-order chi connectivity index (χ1) is 12.6. The summed E-state index contributed by atoms with van der Waals surface area (Å²) in [6.07, 6.45) is 4.87. The Bertz CT molecular complexity index is 367. The highest BCUT2D eigenvalue weighted by atomic mass is 127. The van der Waals surface area contributed by atoms with E-state index in [0.717, 1.165) is 25.6 Å². The normalized spacial score (nSPS) is 17.6. The summed E-state index contributed by atoms with van der Waals surface area (Å²) in [7, 11) is 4.08.